The maximum absolute atomic E-state index is 11.9. The number of rotatable bonds is 10. The van der Waals surface area contributed by atoms with E-state index < -0.39 is 12.1 Å². The summed E-state index contributed by atoms with van der Waals surface area (Å²) in [6.07, 6.45) is 11.7. The molecule has 156 valence electrons. The normalized spacial score (nSPS) is 27.9. The van der Waals surface area contributed by atoms with Crippen molar-refractivity contribution in [2.45, 2.75) is 74.3 Å². The van der Waals surface area contributed by atoms with Gasteiger partial charge in [0.2, 0.25) is 0 Å². The zero-order valence-electron chi connectivity index (χ0n) is 16.7. The summed E-state index contributed by atoms with van der Waals surface area (Å²) in [7, 11) is 1.70. The van der Waals surface area contributed by atoms with E-state index in [-0.39, 0.29) is 22.8 Å². The molecular weight excluding hydrogens is 382 g/mol. The fourth-order valence-electron chi connectivity index (χ4n) is 3.55. The van der Waals surface area contributed by atoms with Gasteiger partial charge in [-0.1, -0.05) is 44.8 Å². The lowest BCUT2D eigenvalue weighted by Gasteiger charge is -2.49. The first-order valence-electron chi connectivity index (χ1n) is 10.2. The van der Waals surface area contributed by atoms with E-state index in [9.17, 15) is 4.79 Å². The van der Waals surface area contributed by atoms with Crippen LogP contribution >= 0.6 is 23.5 Å². The minimum atomic E-state index is -0.464. The van der Waals surface area contributed by atoms with Crippen molar-refractivity contribution in [2.75, 3.05) is 31.8 Å². The quantitative estimate of drug-likeness (QED) is 0.330. The molecule has 0 bridgehead atoms. The van der Waals surface area contributed by atoms with Crippen molar-refractivity contribution in [2.24, 2.45) is 5.73 Å². The van der Waals surface area contributed by atoms with Gasteiger partial charge in [-0.2, -0.15) is 0 Å². The minimum Gasteiger partial charge on any atom is -0.455 e. The highest BCUT2D eigenvalue weighted by Crippen LogP contribution is 2.50. The molecule has 0 aromatic heterocycles. The molecule has 0 aliphatic carbocycles. The first-order chi connectivity index (χ1) is 13.2. The summed E-state index contributed by atoms with van der Waals surface area (Å²) >= 11 is 3.73. The highest BCUT2D eigenvalue weighted by Gasteiger charge is 2.53. The molecule has 0 radical (unpaired) electrons. The van der Waals surface area contributed by atoms with Crippen LogP contribution in [0.4, 0.5) is 0 Å². The zero-order valence-corrected chi connectivity index (χ0v) is 18.3. The van der Waals surface area contributed by atoms with Crippen LogP contribution in [-0.2, 0) is 19.0 Å². The number of ether oxygens (including phenoxy) is 3. The minimum absolute atomic E-state index is 0.131. The number of allylic oxidation sites excluding steroid dienone is 1. The highest BCUT2D eigenvalue weighted by molar-refractivity contribution is 8.18. The fourth-order valence-corrected chi connectivity index (χ4v) is 6.93. The first kappa shape index (κ1) is 23.1. The van der Waals surface area contributed by atoms with Gasteiger partial charge in [-0.05, 0) is 30.8 Å². The van der Waals surface area contributed by atoms with Crippen LogP contribution in [0.3, 0.4) is 0 Å². The molecule has 2 N–H and O–H groups in total. The van der Waals surface area contributed by atoms with E-state index in [2.05, 4.69) is 13.0 Å². The number of unbranched alkanes of at least 4 members (excludes halogenated alkanes) is 5. The molecule has 2 rings (SSSR count). The van der Waals surface area contributed by atoms with Crippen molar-refractivity contribution in [3.63, 3.8) is 0 Å². The van der Waals surface area contributed by atoms with Crippen molar-refractivity contribution in [1.82, 2.24) is 0 Å². The molecule has 0 saturated carbocycles. The highest BCUT2D eigenvalue weighted by atomic mass is 32.2. The smallest absolute Gasteiger partial charge is 0.320 e. The largest absolute Gasteiger partial charge is 0.455 e. The number of nitrogens with two attached hydrogens (primary N) is 1. The average Bonchev–Trinajstić information content (AvgIpc) is 2.69. The van der Waals surface area contributed by atoms with Gasteiger partial charge in [-0.15, -0.1) is 23.5 Å². The number of thioether (sulfide) groups is 2. The molecule has 0 aromatic rings. The molecule has 2 heterocycles. The summed E-state index contributed by atoms with van der Waals surface area (Å²) in [5.74, 6) is 1.74. The second-order valence-corrected chi connectivity index (χ2v) is 10.2. The topological polar surface area (TPSA) is 70.8 Å². The Morgan fingerprint density at radius 2 is 2.00 bits per heavy atom. The van der Waals surface area contributed by atoms with Gasteiger partial charge in [0.1, 0.15) is 16.3 Å². The van der Waals surface area contributed by atoms with Crippen LogP contribution in [0.25, 0.3) is 0 Å². The monoisotopic (exact) mass is 417 g/mol. The molecule has 27 heavy (non-hydrogen) atoms. The lowest BCUT2D eigenvalue weighted by molar-refractivity contribution is -0.178. The Balaban J connectivity index is 2.01. The number of carbonyl (C=O) groups excluding carboxylic acids is 1. The molecule has 3 atom stereocenters. The standard InChI is InChI=1S/C20H35NO4S2/c1-3-4-5-6-7-8-9-11-16-18(25-17(22)14-21)19(23-2)20(15-24-16)26-12-10-13-27-20/h9,11,16,18-19H,3-8,10,12-15,21H2,1-2H3/b11-9+/t16-,18+,19+/m0/s1. The van der Waals surface area contributed by atoms with E-state index in [1.807, 2.05) is 29.6 Å². The number of carbonyl (C=O) groups is 1. The molecular formula is C20H35NO4S2. The molecule has 2 aliphatic heterocycles. The zero-order chi connectivity index (χ0) is 19.5. The van der Waals surface area contributed by atoms with Crippen LogP contribution < -0.4 is 5.73 Å². The Morgan fingerprint density at radius 1 is 1.26 bits per heavy atom. The van der Waals surface area contributed by atoms with Crippen molar-refractivity contribution >= 4 is 29.5 Å². The first-order valence-corrected chi connectivity index (χ1v) is 12.1. The molecule has 0 aromatic carbocycles. The van der Waals surface area contributed by atoms with E-state index in [1.165, 1.54) is 38.5 Å². The van der Waals surface area contributed by atoms with Crippen LogP contribution in [0.5, 0.6) is 0 Å². The Kier molecular flexibility index (Phi) is 10.6. The molecule has 1 spiro atoms. The van der Waals surface area contributed by atoms with E-state index in [4.69, 9.17) is 19.9 Å². The van der Waals surface area contributed by atoms with Gasteiger partial charge in [-0.25, -0.2) is 0 Å². The maximum Gasteiger partial charge on any atom is 0.320 e. The van der Waals surface area contributed by atoms with Crippen LogP contribution in [0.2, 0.25) is 0 Å². The third kappa shape index (κ3) is 6.67. The second-order valence-electron chi connectivity index (χ2n) is 7.08. The molecule has 5 nitrogen and oxygen atoms in total. The lowest BCUT2D eigenvalue weighted by atomic mass is 9.99. The van der Waals surface area contributed by atoms with Crippen LogP contribution in [-0.4, -0.2) is 60.1 Å². The average molecular weight is 418 g/mol. The fraction of sp³-hybridized carbons (Fsp3) is 0.850. The van der Waals surface area contributed by atoms with Gasteiger partial charge in [0.05, 0.1) is 13.2 Å². The van der Waals surface area contributed by atoms with Gasteiger partial charge >= 0.3 is 5.97 Å². The predicted molar refractivity (Wildman–Crippen MR) is 114 cm³/mol. The summed E-state index contributed by atoms with van der Waals surface area (Å²) in [5.41, 5.74) is 5.49. The number of hydrogen-bond acceptors (Lipinski definition) is 7. The van der Waals surface area contributed by atoms with E-state index >= 15 is 0 Å². The summed E-state index contributed by atoms with van der Waals surface area (Å²) in [4.78, 5) is 11.9. The summed E-state index contributed by atoms with van der Waals surface area (Å²) in [6, 6.07) is 0. The molecule has 2 saturated heterocycles. The van der Waals surface area contributed by atoms with Crippen molar-refractivity contribution < 1.29 is 19.0 Å². The van der Waals surface area contributed by atoms with Crippen LogP contribution in [0, 0.1) is 0 Å². The Labute approximate surface area is 172 Å². The van der Waals surface area contributed by atoms with Gasteiger partial charge in [0.15, 0.2) is 6.10 Å². The summed E-state index contributed by atoms with van der Waals surface area (Å²) in [6.45, 7) is 2.70. The third-order valence-corrected chi connectivity index (χ3v) is 8.37. The molecule has 0 unspecified atom stereocenters. The summed E-state index contributed by atoms with van der Waals surface area (Å²) < 4.78 is 17.5. The maximum atomic E-state index is 11.9. The molecule has 2 aliphatic rings. The number of hydrogen-bond donors (Lipinski definition) is 1. The van der Waals surface area contributed by atoms with E-state index in [0.717, 1.165) is 17.9 Å². The van der Waals surface area contributed by atoms with Gasteiger partial charge in [0.25, 0.3) is 0 Å². The predicted octanol–water partition coefficient (Wildman–Crippen LogP) is 3.75. The molecule has 2 fully saturated rings. The third-order valence-electron chi connectivity index (χ3n) is 5.00. The SMILES string of the molecule is CCCCCCC/C=C/[C@@H]1OCC2(SCCCS2)[C@H](OC)[C@@H]1OC(=O)CN. The lowest BCUT2D eigenvalue weighted by Crippen LogP contribution is -2.60. The van der Waals surface area contributed by atoms with Crippen molar-refractivity contribution in [3.8, 4) is 0 Å². The Morgan fingerprint density at radius 3 is 2.67 bits per heavy atom. The van der Waals surface area contributed by atoms with Crippen molar-refractivity contribution in [1.29, 1.82) is 0 Å². The molecule has 7 heteroatoms. The second kappa shape index (κ2) is 12.4. The summed E-state index contributed by atoms with van der Waals surface area (Å²) in [5, 5.41) is 0. The van der Waals surface area contributed by atoms with Gasteiger partial charge in [-0.3, -0.25) is 4.79 Å². The van der Waals surface area contributed by atoms with Crippen LogP contribution in [0.15, 0.2) is 12.2 Å². The van der Waals surface area contributed by atoms with E-state index in [0.29, 0.717) is 6.61 Å². The van der Waals surface area contributed by atoms with Gasteiger partial charge < -0.3 is 19.9 Å². The van der Waals surface area contributed by atoms with Crippen molar-refractivity contribution in [3.05, 3.63) is 12.2 Å². The Hall–Kier alpha value is -0.210. The Bertz CT molecular complexity index is 469. The van der Waals surface area contributed by atoms with Gasteiger partial charge in [0, 0.05) is 7.11 Å². The molecule has 0 amide bonds. The number of esters is 1. The van der Waals surface area contributed by atoms with Crippen LogP contribution in [0.1, 0.15) is 51.9 Å². The number of methoxy groups -OCH3 is 1. The van der Waals surface area contributed by atoms with E-state index in [1.54, 1.807) is 7.11 Å².